The van der Waals surface area contributed by atoms with E-state index in [1.807, 2.05) is 18.2 Å². The molecule has 30 heavy (non-hydrogen) atoms. The molecule has 1 fully saturated rings. The molecule has 0 saturated carbocycles. The first kappa shape index (κ1) is 18.9. The van der Waals surface area contributed by atoms with Crippen molar-refractivity contribution < 1.29 is 4.74 Å². The molecular formula is C23H25N5O2. The van der Waals surface area contributed by atoms with Crippen molar-refractivity contribution in [3.8, 4) is 17.3 Å². The zero-order valence-corrected chi connectivity index (χ0v) is 17.1. The van der Waals surface area contributed by atoms with Crippen molar-refractivity contribution in [1.29, 1.82) is 0 Å². The standard InChI is InChI=1S/C23H25N5O2/c1-30-22-17(6-3-11-25-22)14-28-12-4-8-23(15-28)9-7-18-19(23)26-20(27-21(18)29)16-5-2-10-24-13-16/h2-3,5-6,10-11,13H,4,7-9,12,14-15H2,1H3,(H,26,27,29). The molecule has 3 aromatic heterocycles. The third-order valence-corrected chi connectivity index (χ3v) is 6.40. The minimum atomic E-state index is -0.0752. The van der Waals surface area contributed by atoms with Crippen LogP contribution in [0.25, 0.3) is 11.4 Å². The number of piperidine rings is 1. The summed E-state index contributed by atoms with van der Waals surface area (Å²) in [4.78, 5) is 31.7. The van der Waals surface area contributed by atoms with E-state index in [0.29, 0.717) is 11.7 Å². The normalized spacial score (nSPS) is 21.0. The summed E-state index contributed by atoms with van der Waals surface area (Å²) in [5.41, 5.74) is 3.67. The van der Waals surface area contributed by atoms with Gasteiger partial charge in [0, 0.05) is 53.8 Å². The Morgan fingerprint density at radius 3 is 2.97 bits per heavy atom. The van der Waals surface area contributed by atoms with Gasteiger partial charge in [-0.2, -0.15) is 0 Å². The first-order valence-electron chi connectivity index (χ1n) is 10.4. The van der Waals surface area contributed by atoms with Crippen molar-refractivity contribution in [1.82, 2.24) is 24.8 Å². The average molecular weight is 403 g/mol. The fraction of sp³-hybridized carbons (Fsp3) is 0.391. The number of H-pyrrole nitrogens is 1. The van der Waals surface area contributed by atoms with Crippen LogP contribution < -0.4 is 10.3 Å². The molecule has 1 saturated heterocycles. The minimum absolute atomic E-state index is 0.0122. The maximum atomic E-state index is 12.8. The van der Waals surface area contributed by atoms with Crippen molar-refractivity contribution in [3.05, 3.63) is 70.0 Å². The van der Waals surface area contributed by atoms with Crippen LogP contribution in [-0.2, 0) is 18.4 Å². The zero-order valence-electron chi connectivity index (χ0n) is 17.1. The summed E-state index contributed by atoms with van der Waals surface area (Å²) in [6.45, 7) is 2.70. The second-order valence-corrected chi connectivity index (χ2v) is 8.25. The quantitative estimate of drug-likeness (QED) is 0.721. The topological polar surface area (TPSA) is 84.0 Å². The number of nitrogens with one attached hydrogen (secondary N) is 1. The fourth-order valence-electron chi connectivity index (χ4n) is 5.02. The van der Waals surface area contributed by atoms with Crippen LogP contribution in [0.1, 0.15) is 36.1 Å². The summed E-state index contributed by atoms with van der Waals surface area (Å²) in [5, 5.41) is 0. The summed E-state index contributed by atoms with van der Waals surface area (Å²) in [7, 11) is 1.66. The predicted octanol–water partition coefficient (Wildman–Crippen LogP) is 2.72. The lowest BCUT2D eigenvalue weighted by Crippen LogP contribution is -2.45. The van der Waals surface area contributed by atoms with Gasteiger partial charge < -0.3 is 9.72 Å². The number of rotatable bonds is 4. The minimum Gasteiger partial charge on any atom is -0.481 e. The summed E-state index contributed by atoms with van der Waals surface area (Å²) in [6, 6.07) is 7.81. The molecular weight excluding hydrogens is 378 g/mol. The van der Waals surface area contributed by atoms with E-state index in [2.05, 4.69) is 25.9 Å². The molecule has 1 aliphatic carbocycles. The highest BCUT2D eigenvalue weighted by Gasteiger charge is 2.44. The van der Waals surface area contributed by atoms with Gasteiger partial charge in [0.15, 0.2) is 0 Å². The van der Waals surface area contributed by atoms with Crippen LogP contribution in [0.4, 0.5) is 0 Å². The van der Waals surface area contributed by atoms with Crippen LogP contribution in [-0.4, -0.2) is 45.0 Å². The molecule has 2 aliphatic rings. The largest absolute Gasteiger partial charge is 0.481 e. The summed E-state index contributed by atoms with van der Waals surface area (Å²) in [6.07, 6.45) is 9.12. The van der Waals surface area contributed by atoms with E-state index in [1.165, 1.54) is 0 Å². The van der Waals surface area contributed by atoms with Crippen molar-refractivity contribution in [3.63, 3.8) is 0 Å². The van der Waals surface area contributed by atoms with E-state index in [-0.39, 0.29) is 11.0 Å². The second kappa shape index (κ2) is 7.65. The number of fused-ring (bicyclic) bond motifs is 2. The third kappa shape index (κ3) is 3.29. The molecule has 0 amide bonds. The predicted molar refractivity (Wildman–Crippen MR) is 113 cm³/mol. The Hall–Kier alpha value is -3.06. The Morgan fingerprint density at radius 1 is 1.23 bits per heavy atom. The third-order valence-electron chi connectivity index (χ3n) is 6.40. The smallest absolute Gasteiger partial charge is 0.254 e. The van der Waals surface area contributed by atoms with E-state index in [9.17, 15) is 4.79 Å². The number of nitrogens with zero attached hydrogens (tertiary/aromatic N) is 4. The SMILES string of the molecule is COc1ncccc1CN1CCCC2(CCc3c2nc(-c2cccnc2)[nH]c3=O)C1. The van der Waals surface area contributed by atoms with Crippen LogP contribution in [0, 0.1) is 0 Å². The van der Waals surface area contributed by atoms with Crippen LogP contribution in [0.3, 0.4) is 0 Å². The molecule has 0 bridgehead atoms. The van der Waals surface area contributed by atoms with Gasteiger partial charge in [-0.05, 0) is 50.4 Å². The Kier molecular flexibility index (Phi) is 4.83. The van der Waals surface area contributed by atoms with Gasteiger partial charge >= 0.3 is 0 Å². The number of hydrogen-bond donors (Lipinski definition) is 1. The van der Waals surface area contributed by atoms with Crippen LogP contribution >= 0.6 is 0 Å². The molecule has 0 radical (unpaired) electrons. The van der Waals surface area contributed by atoms with Crippen molar-refractivity contribution in [2.75, 3.05) is 20.2 Å². The van der Waals surface area contributed by atoms with Crippen molar-refractivity contribution >= 4 is 0 Å². The van der Waals surface area contributed by atoms with E-state index in [4.69, 9.17) is 9.72 Å². The second-order valence-electron chi connectivity index (χ2n) is 8.25. The number of methoxy groups -OCH3 is 1. The van der Waals surface area contributed by atoms with Gasteiger partial charge in [0.1, 0.15) is 5.82 Å². The summed E-state index contributed by atoms with van der Waals surface area (Å²) >= 11 is 0. The highest BCUT2D eigenvalue weighted by molar-refractivity contribution is 5.54. The maximum Gasteiger partial charge on any atom is 0.254 e. The summed E-state index contributed by atoms with van der Waals surface area (Å²) < 4.78 is 5.44. The number of aromatic nitrogens is 4. The van der Waals surface area contributed by atoms with Gasteiger partial charge in [-0.1, -0.05) is 6.07 Å². The number of aromatic amines is 1. The van der Waals surface area contributed by atoms with Crippen molar-refractivity contribution in [2.24, 2.45) is 0 Å². The summed E-state index contributed by atoms with van der Waals surface area (Å²) in [5.74, 6) is 1.29. The highest BCUT2D eigenvalue weighted by atomic mass is 16.5. The molecule has 154 valence electrons. The van der Waals surface area contributed by atoms with Gasteiger partial charge in [0.2, 0.25) is 5.88 Å². The van der Waals surface area contributed by atoms with Crippen molar-refractivity contribution in [2.45, 2.75) is 37.6 Å². The van der Waals surface area contributed by atoms with Gasteiger partial charge in [-0.3, -0.25) is 14.7 Å². The number of ether oxygens (including phenoxy) is 1. The lowest BCUT2D eigenvalue weighted by Gasteiger charge is -2.40. The van der Waals surface area contributed by atoms with Gasteiger partial charge in [-0.15, -0.1) is 0 Å². The van der Waals surface area contributed by atoms with Crippen LogP contribution in [0.5, 0.6) is 5.88 Å². The average Bonchev–Trinajstić information content (AvgIpc) is 3.13. The first-order chi connectivity index (χ1) is 14.7. The molecule has 1 atom stereocenters. The Balaban J connectivity index is 1.48. The Morgan fingerprint density at radius 2 is 2.13 bits per heavy atom. The molecule has 0 aromatic carbocycles. The lowest BCUT2D eigenvalue weighted by molar-refractivity contribution is 0.135. The molecule has 7 heteroatoms. The fourth-order valence-corrected chi connectivity index (χ4v) is 5.02. The molecule has 1 aliphatic heterocycles. The monoisotopic (exact) mass is 403 g/mol. The van der Waals surface area contributed by atoms with E-state index in [1.54, 1.807) is 25.7 Å². The van der Waals surface area contributed by atoms with E-state index in [0.717, 1.165) is 67.7 Å². The molecule has 3 aromatic rings. The van der Waals surface area contributed by atoms with E-state index < -0.39 is 0 Å². The molecule has 4 heterocycles. The Bertz CT molecular complexity index is 1110. The first-order valence-corrected chi connectivity index (χ1v) is 10.4. The molecule has 1 spiro atoms. The molecule has 1 N–H and O–H groups in total. The highest BCUT2D eigenvalue weighted by Crippen LogP contribution is 2.43. The van der Waals surface area contributed by atoms with Crippen LogP contribution in [0.2, 0.25) is 0 Å². The van der Waals surface area contributed by atoms with Gasteiger partial charge in [-0.25, -0.2) is 9.97 Å². The number of likely N-dealkylation sites (tertiary alicyclic amines) is 1. The molecule has 7 nitrogen and oxygen atoms in total. The van der Waals surface area contributed by atoms with E-state index >= 15 is 0 Å². The molecule has 1 unspecified atom stereocenters. The van der Waals surface area contributed by atoms with Crippen LogP contribution in [0.15, 0.2) is 47.7 Å². The Labute approximate surface area is 175 Å². The maximum absolute atomic E-state index is 12.8. The van der Waals surface area contributed by atoms with Gasteiger partial charge in [0.25, 0.3) is 5.56 Å². The number of pyridine rings is 2. The zero-order chi connectivity index (χ0) is 20.6. The lowest BCUT2D eigenvalue weighted by atomic mass is 9.77. The van der Waals surface area contributed by atoms with Gasteiger partial charge in [0.05, 0.1) is 12.8 Å². The molecule has 5 rings (SSSR count). The number of hydrogen-bond acceptors (Lipinski definition) is 6.